The molecular weight excluding hydrogens is 420 g/mol. The SMILES string of the molecule is CC1CC(COc2cc(Cl)c(C#N)cc2NSc2cc(C(=O)O)ccc2C2CC2)C1. The predicted octanol–water partition coefficient (Wildman–Crippen LogP) is 6.33. The van der Waals surface area contributed by atoms with Crippen LogP contribution >= 0.6 is 23.5 Å². The molecule has 2 aromatic carbocycles. The third-order valence-electron chi connectivity index (χ3n) is 5.68. The molecule has 0 aliphatic heterocycles. The number of halogens is 1. The lowest BCUT2D eigenvalue weighted by molar-refractivity contribution is 0.0696. The Morgan fingerprint density at radius 3 is 2.73 bits per heavy atom. The average molecular weight is 443 g/mol. The zero-order valence-electron chi connectivity index (χ0n) is 16.7. The molecule has 156 valence electrons. The lowest BCUT2D eigenvalue weighted by Gasteiger charge is -2.32. The zero-order chi connectivity index (χ0) is 21.3. The van der Waals surface area contributed by atoms with Crippen molar-refractivity contribution in [2.24, 2.45) is 11.8 Å². The molecule has 2 N–H and O–H groups in total. The van der Waals surface area contributed by atoms with Gasteiger partial charge >= 0.3 is 5.97 Å². The van der Waals surface area contributed by atoms with E-state index in [0.717, 1.165) is 42.1 Å². The van der Waals surface area contributed by atoms with Gasteiger partial charge in [-0.15, -0.1) is 0 Å². The van der Waals surface area contributed by atoms with Crippen molar-refractivity contribution in [3.05, 3.63) is 52.0 Å². The molecule has 4 rings (SSSR count). The van der Waals surface area contributed by atoms with Crippen molar-refractivity contribution >= 4 is 35.2 Å². The smallest absolute Gasteiger partial charge is 0.335 e. The van der Waals surface area contributed by atoms with E-state index in [9.17, 15) is 15.2 Å². The van der Waals surface area contributed by atoms with E-state index in [1.165, 1.54) is 11.9 Å². The maximum Gasteiger partial charge on any atom is 0.335 e. The summed E-state index contributed by atoms with van der Waals surface area (Å²) in [6.45, 7) is 2.86. The van der Waals surface area contributed by atoms with Crippen LogP contribution in [0.25, 0.3) is 0 Å². The summed E-state index contributed by atoms with van der Waals surface area (Å²) in [4.78, 5) is 12.3. The Bertz CT molecular complexity index is 1010. The Morgan fingerprint density at radius 1 is 1.33 bits per heavy atom. The van der Waals surface area contributed by atoms with Gasteiger partial charge in [0.1, 0.15) is 11.8 Å². The number of carbonyl (C=O) groups is 1. The Labute approximate surface area is 185 Å². The van der Waals surface area contributed by atoms with Crippen LogP contribution < -0.4 is 9.46 Å². The number of rotatable bonds is 8. The molecule has 0 bridgehead atoms. The molecule has 0 aromatic heterocycles. The van der Waals surface area contributed by atoms with E-state index in [-0.39, 0.29) is 5.56 Å². The number of ether oxygens (including phenoxy) is 1. The number of carboxylic acid groups (broad SMARTS) is 1. The second kappa shape index (κ2) is 8.79. The van der Waals surface area contributed by atoms with Crippen LogP contribution in [0.1, 0.15) is 60.0 Å². The minimum atomic E-state index is -0.948. The van der Waals surface area contributed by atoms with Gasteiger partial charge < -0.3 is 14.6 Å². The van der Waals surface area contributed by atoms with Gasteiger partial charge in [-0.1, -0.05) is 24.6 Å². The van der Waals surface area contributed by atoms with Crippen LogP contribution in [0.5, 0.6) is 5.75 Å². The van der Waals surface area contributed by atoms with Crippen LogP contribution in [0.15, 0.2) is 35.2 Å². The maximum atomic E-state index is 11.4. The number of nitrogens with zero attached hydrogens (tertiary/aromatic N) is 1. The van der Waals surface area contributed by atoms with E-state index in [2.05, 4.69) is 17.7 Å². The normalized spacial score (nSPS) is 20.2. The molecule has 0 amide bonds. The summed E-state index contributed by atoms with van der Waals surface area (Å²) in [6, 6.07) is 10.7. The summed E-state index contributed by atoms with van der Waals surface area (Å²) in [5, 5.41) is 19.1. The molecule has 2 fully saturated rings. The number of aromatic carboxylic acids is 1. The van der Waals surface area contributed by atoms with Crippen molar-refractivity contribution in [3.63, 3.8) is 0 Å². The highest BCUT2D eigenvalue weighted by Crippen LogP contribution is 2.45. The van der Waals surface area contributed by atoms with Crippen LogP contribution in [-0.2, 0) is 0 Å². The number of nitriles is 1. The Kier molecular flexibility index (Phi) is 6.12. The van der Waals surface area contributed by atoms with Crippen molar-refractivity contribution in [1.29, 1.82) is 5.26 Å². The van der Waals surface area contributed by atoms with E-state index < -0.39 is 5.97 Å². The van der Waals surface area contributed by atoms with E-state index in [4.69, 9.17) is 16.3 Å². The molecule has 7 heteroatoms. The van der Waals surface area contributed by atoms with Crippen LogP contribution in [0.4, 0.5) is 5.69 Å². The lowest BCUT2D eigenvalue weighted by atomic mass is 9.77. The van der Waals surface area contributed by atoms with E-state index in [1.807, 2.05) is 6.07 Å². The van der Waals surface area contributed by atoms with Gasteiger partial charge in [-0.2, -0.15) is 5.26 Å². The molecule has 5 nitrogen and oxygen atoms in total. The third-order valence-corrected chi connectivity index (χ3v) is 6.89. The lowest BCUT2D eigenvalue weighted by Crippen LogP contribution is -2.26. The first-order valence-electron chi connectivity index (χ1n) is 10.1. The number of carboxylic acids is 1. The highest BCUT2D eigenvalue weighted by Gasteiger charge is 2.28. The number of hydrogen-bond donors (Lipinski definition) is 2. The van der Waals surface area contributed by atoms with Crippen LogP contribution in [0, 0.1) is 23.2 Å². The van der Waals surface area contributed by atoms with Crippen molar-refractivity contribution in [3.8, 4) is 11.8 Å². The molecule has 2 saturated carbocycles. The molecule has 0 unspecified atom stereocenters. The van der Waals surface area contributed by atoms with Gasteiger partial charge in [-0.25, -0.2) is 4.79 Å². The quantitative estimate of drug-likeness (QED) is 0.464. The molecule has 0 saturated heterocycles. The molecule has 0 radical (unpaired) electrons. The summed E-state index contributed by atoms with van der Waals surface area (Å²) in [5.41, 5.74) is 2.44. The van der Waals surface area contributed by atoms with Crippen molar-refractivity contribution in [1.82, 2.24) is 0 Å². The number of nitrogens with one attached hydrogen (secondary N) is 1. The number of hydrogen-bond acceptors (Lipinski definition) is 5. The van der Waals surface area contributed by atoms with Crippen molar-refractivity contribution in [2.75, 3.05) is 11.3 Å². The largest absolute Gasteiger partial charge is 0.491 e. The standard InChI is InChI=1S/C23H23ClN2O3S/c1-13-6-14(7-13)12-29-21-10-19(24)17(11-25)8-20(21)26-30-22-9-16(23(27)28)4-5-18(22)15-2-3-15/h4-5,8-10,13-15,26H,2-3,6-7,12H2,1H3,(H,27,28). The second-order valence-corrected chi connectivity index (χ2v) is 9.49. The highest BCUT2D eigenvalue weighted by atomic mass is 35.5. The van der Waals surface area contributed by atoms with Crippen LogP contribution in [-0.4, -0.2) is 17.7 Å². The first-order valence-corrected chi connectivity index (χ1v) is 11.3. The third kappa shape index (κ3) is 4.69. The minimum absolute atomic E-state index is 0.257. The Hall–Kier alpha value is -2.36. The number of anilines is 1. The highest BCUT2D eigenvalue weighted by molar-refractivity contribution is 8.00. The topological polar surface area (TPSA) is 82.3 Å². The molecule has 2 aliphatic rings. The average Bonchev–Trinajstić information content (AvgIpc) is 3.54. The van der Waals surface area contributed by atoms with Gasteiger partial charge in [0.05, 0.1) is 28.4 Å². The zero-order valence-corrected chi connectivity index (χ0v) is 18.2. The van der Waals surface area contributed by atoms with Crippen molar-refractivity contribution in [2.45, 2.75) is 43.4 Å². The minimum Gasteiger partial charge on any atom is -0.491 e. The fraction of sp³-hybridized carbons (Fsp3) is 0.391. The molecule has 0 spiro atoms. The van der Waals surface area contributed by atoms with Gasteiger partial charge in [-0.3, -0.25) is 0 Å². The van der Waals surface area contributed by atoms with E-state index in [0.29, 0.717) is 40.5 Å². The van der Waals surface area contributed by atoms with Gasteiger partial charge in [0, 0.05) is 11.0 Å². The second-order valence-electron chi connectivity index (χ2n) is 8.23. The molecule has 30 heavy (non-hydrogen) atoms. The monoisotopic (exact) mass is 442 g/mol. The van der Waals surface area contributed by atoms with Crippen LogP contribution in [0.3, 0.4) is 0 Å². The predicted molar refractivity (Wildman–Crippen MR) is 118 cm³/mol. The summed E-state index contributed by atoms with van der Waals surface area (Å²) in [5.74, 6) is 1.43. The van der Waals surface area contributed by atoms with Gasteiger partial charge in [-0.05, 0) is 79.1 Å². The van der Waals surface area contributed by atoms with Gasteiger partial charge in [0.2, 0.25) is 0 Å². The van der Waals surface area contributed by atoms with Crippen molar-refractivity contribution < 1.29 is 14.6 Å². The molecule has 0 heterocycles. The summed E-state index contributed by atoms with van der Waals surface area (Å²) in [7, 11) is 0. The number of benzene rings is 2. The Morgan fingerprint density at radius 2 is 2.10 bits per heavy atom. The van der Waals surface area contributed by atoms with E-state index in [1.54, 1.807) is 24.3 Å². The Balaban J connectivity index is 1.55. The van der Waals surface area contributed by atoms with Crippen LogP contribution in [0.2, 0.25) is 5.02 Å². The first-order chi connectivity index (χ1) is 14.4. The molecular formula is C23H23ClN2O3S. The summed E-state index contributed by atoms with van der Waals surface area (Å²) >= 11 is 7.58. The molecule has 2 aliphatic carbocycles. The maximum absolute atomic E-state index is 11.4. The fourth-order valence-electron chi connectivity index (χ4n) is 3.85. The van der Waals surface area contributed by atoms with Gasteiger partial charge in [0.25, 0.3) is 0 Å². The summed E-state index contributed by atoms with van der Waals surface area (Å²) in [6.07, 6.45) is 4.56. The first kappa shape index (κ1) is 20.9. The molecule has 2 aromatic rings. The fourth-order valence-corrected chi connectivity index (χ4v) is 4.96. The molecule has 0 atom stereocenters. The van der Waals surface area contributed by atoms with E-state index >= 15 is 0 Å². The van der Waals surface area contributed by atoms with Gasteiger partial charge in [0.15, 0.2) is 0 Å². The summed E-state index contributed by atoms with van der Waals surface area (Å²) < 4.78 is 9.32.